The molecular formula is C25H22N4O5. The summed E-state index contributed by atoms with van der Waals surface area (Å²) in [7, 11) is 0. The molecule has 0 N–H and O–H groups in total. The normalized spacial score (nSPS) is 20.1. The van der Waals surface area contributed by atoms with Gasteiger partial charge in [-0.05, 0) is 44.2 Å². The van der Waals surface area contributed by atoms with E-state index in [0.29, 0.717) is 11.3 Å². The minimum absolute atomic E-state index is 0.169. The summed E-state index contributed by atoms with van der Waals surface area (Å²) in [6.45, 7) is 2.91. The zero-order valence-electron chi connectivity index (χ0n) is 18.6. The van der Waals surface area contributed by atoms with E-state index < -0.39 is 40.8 Å². The van der Waals surface area contributed by atoms with E-state index in [1.165, 1.54) is 12.1 Å². The average Bonchev–Trinajstić information content (AvgIpc) is 3.48. The lowest BCUT2D eigenvalue weighted by Crippen LogP contribution is -2.63. The maximum atomic E-state index is 14.3. The molecule has 0 fully saturated rings. The van der Waals surface area contributed by atoms with Crippen LogP contribution in [-0.2, 0) is 10.3 Å². The van der Waals surface area contributed by atoms with E-state index in [0.717, 1.165) is 4.90 Å². The maximum Gasteiger partial charge on any atom is 0.262 e. The summed E-state index contributed by atoms with van der Waals surface area (Å²) < 4.78 is 1.59. The molecule has 5 rings (SSSR count). The van der Waals surface area contributed by atoms with Gasteiger partial charge in [0, 0.05) is 28.9 Å². The van der Waals surface area contributed by atoms with Crippen molar-refractivity contribution in [1.82, 2.24) is 9.47 Å². The van der Waals surface area contributed by atoms with Gasteiger partial charge >= 0.3 is 0 Å². The van der Waals surface area contributed by atoms with Gasteiger partial charge in [0.2, 0.25) is 6.54 Å². The van der Waals surface area contributed by atoms with Crippen LogP contribution in [-0.4, -0.2) is 50.7 Å². The lowest BCUT2D eigenvalue weighted by molar-refractivity contribution is -0.487. The van der Waals surface area contributed by atoms with E-state index in [2.05, 4.69) is 0 Å². The highest BCUT2D eigenvalue weighted by atomic mass is 16.6. The Morgan fingerprint density at radius 2 is 1.41 bits per heavy atom. The summed E-state index contributed by atoms with van der Waals surface area (Å²) in [6, 6.07) is 15.1. The third kappa shape index (κ3) is 2.76. The topological polar surface area (TPSA) is 106 Å². The fraction of sp³-hybridized carbons (Fsp3) is 0.240. The van der Waals surface area contributed by atoms with Crippen molar-refractivity contribution in [3.8, 4) is 0 Å². The van der Waals surface area contributed by atoms with Gasteiger partial charge in [0.15, 0.2) is 5.54 Å². The van der Waals surface area contributed by atoms with Gasteiger partial charge in [0.25, 0.3) is 17.7 Å². The van der Waals surface area contributed by atoms with Gasteiger partial charge in [-0.2, -0.15) is 0 Å². The third-order valence-corrected chi connectivity index (χ3v) is 6.59. The standard InChI is InChI=1S/C25H22N4O5/c1-16(2)28-20-12-6-5-11-19(20)25(24(28)32,26-13-7-8-14-26)21(15-27(33)34)29-22(30)17-9-3-4-10-18(17)23(29)31/h3-14,16,21H,15H2,1-2H3/t21-,25+/m1/s1. The van der Waals surface area contributed by atoms with E-state index in [9.17, 15) is 24.5 Å². The number of carbonyl (C=O) groups excluding carboxylic acids is 3. The quantitative estimate of drug-likeness (QED) is 0.321. The van der Waals surface area contributed by atoms with Crippen molar-refractivity contribution in [1.29, 1.82) is 0 Å². The Hall–Kier alpha value is -4.27. The van der Waals surface area contributed by atoms with E-state index in [-0.39, 0.29) is 17.2 Å². The molecule has 34 heavy (non-hydrogen) atoms. The number of carbonyl (C=O) groups is 3. The lowest BCUT2D eigenvalue weighted by atomic mass is 9.82. The molecule has 0 unspecified atom stereocenters. The van der Waals surface area contributed by atoms with Crippen LogP contribution in [0.1, 0.15) is 40.1 Å². The summed E-state index contributed by atoms with van der Waals surface area (Å²) in [5.41, 5.74) is -0.259. The zero-order chi connectivity index (χ0) is 24.2. The molecule has 0 spiro atoms. The van der Waals surface area contributed by atoms with Crippen molar-refractivity contribution in [2.75, 3.05) is 11.4 Å². The van der Waals surface area contributed by atoms with Gasteiger partial charge in [-0.15, -0.1) is 0 Å². The average molecular weight is 458 g/mol. The molecule has 9 nitrogen and oxygen atoms in total. The number of imide groups is 1. The first-order chi connectivity index (χ1) is 16.3. The van der Waals surface area contributed by atoms with Gasteiger partial charge < -0.3 is 9.47 Å². The summed E-state index contributed by atoms with van der Waals surface area (Å²) in [6.07, 6.45) is 3.28. The first-order valence-electron chi connectivity index (χ1n) is 11.0. The third-order valence-electron chi connectivity index (χ3n) is 6.59. The predicted octanol–water partition coefficient (Wildman–Crippen LogP) is 2.93. The molecule has 0 bridgehead atoms. The largest absolute Gasteiger partial charge is 0.334 e. The van der Waals surface area contributed by atoms with Crippen LogP contribution in [0.25, 0.3) is 0 Å². The first kappa shape index (κ1) is 21.6. The van der Waals surface area contributed by atoms with E-state index in [1.54, 1.807) is 70.4 Å². The van der Waals surface area contributed by atoms with Crippen molar-refractivity contribution < 1.29 is 19.3 Å². The van der Waals surface area contributed by atoms with E-state index in [1.807, 2.05) is 13.8 Å². The highest BCUT2D eigenvalue weighted by Gasteiger charge is 2.63. The number of aromatic nitrogens is 1. The van der Waals surface area contributed by atoms with Gasteiger partial charge in [-0.3, -0.25) is 29.4 Å². The molecule has 2 atom stereocenters. The monoisotopic (exact) mass is 458 g/mol. The Bertz CT molecular complexity index is 1300. The van der Waals surface area contributed by atoms with Gasteiger partial charge in [-0.25, -0.2) is 0 Å². The molecule has 2 aliphatic heterocycles. The highest BCUT2D eigenvalue weighted by molar-refractivity contribution is 6.22. The van der Waals surface area contributed by atoms with Crippen LogP contribution in [0.3, 0.4) is 0 Å². The number of fused-ring (bicyclic) bond motifs is 2. The second-order valence-electron chi connectivity index (χ2n) is 8.70. The Kier molecular flexibility index (Phi) is 4.85. The van der Waals surface area contributed by atoms with Crippen molar-refractivity contribution in [2.45, 2.75) is 31.5 Å². The van der Waals surface area contributed by atoms with Crippen molar-refractivity contribution in [3.63, 3.8) is 0 Å². The number of anilines is 1. The molecule has 2 aliphatic rings. The Morgan fingerprint density at radius 3 is 1.97 bits per heavy atom. The number of rotatable bonds is 6. The van der Waals surface area contributed by atoms with Gasteiger partial charge in [-0.1, -0.05) is 30.3 Å². The number of nitrogens with zero attached hydrogens (tertiary/aromatic N) is 4. The molecule has 0 saturated heterocycles. The summed E-state index contributed by atoms with van der Waals surface area (Å²) >= 11 is 0. The second kappa shape index (κ2) is 7.65. The minimum Gasteiger partial charge on any atom is -0.334 e. The molecule has 9 heteroatoms. The van der Waals surface area contributed by atoms with Gasteiger partial charge in [0.05, 0.1) is 16.8 Å². The van der Waals surface area contributed by atoms with Crippen LogP contribution in [0, 0.1) is 10.1 Å². The Balaban J connectivity index is 1.82. The van der Waals surface area contributed by atoms with Crippen molar-refractivity contribution in [2.24, 2.45) is 0 Å². The van der Waals surface area contributed by atoms with Crippen LogP contribution in [0.15, 0.2) is 73.1 Å². The molecule has 0 saturated carbocycles. The number of nitro groups is 1. The Morgan fingerprint density at radius 1 is 0.853 bits per heavy atom. The first-order valence-corrected chi connectivity index (χ1v) is 11.0. The van der Waals surface area contributed by atoms with Crippen molar-refractivity contribution in [3.05, 3.63) is 99.9 Å². The molecular weight excluding hydrogens is 436 g/mol. The molecule has 1 aromatic heterocycles. The molecule has 3 aromatic rings. The molecule has 172 valence electrons. The number of benzene rings is 2. The molecule has 2 aromatic carbocycles. The number of amides is 3. The number of hydrogen-bond donors (Lipinski definition) is 0. The summed E-state index contributed by atoms with van der Waals surface area (Å²) in [5, 5.41) is 12.0. The Labute approximate surface area is 195 Å². The predicted molar refractivity (Wildman–Crippen MR) is 123 cm³/mol. The summed E-state index contributed by atoms with van der Waals surface area (Å²) in [4.78, 5) is 55.2. The number of hydrogen-bond acceptors (Lipinski definition) is 5. The SMILES string of the molecule is CC(C)N1C(=O)[C@]([C@@H](C[N+](=O)[O-])N2C(=O)c3ccccc3C2=O)(n2cccc2)c2ccccc21. The smallest absolute Gasteiger partial charge is 0.262 e. The number of para-hydroxylation sites is 1. The van der Waals surface area contributed by atoms with Gasteiger partial charge in [0.1, 0.15) is 6.04 Å². The molecule has 0 aliphatic carbocycles. The fourth-order valence-electron chi connectivity index (χ4n) is 5.27. The van der Waals surface area contributed by atoms with E-state index in [4.69, 9.17) is 0 Å². The van der Waals surface area contributed by atoms with E-state index >= 15 is 0 Å². The summed E-state index contributed by atoms with van der Waals surface area (Å²) in [5.74, 6) is -1.72. The maximum absolute atomic E-state index is 14.3. The van der Waals surface area contributed by atoms with Crippen LogP contribution < -0.4 is 4.90 Å². The van der Waals surface area contributed by atoms with Crippen LogP contribution in [0.4, 0.5) is 5.69 Å². The second-order valence-corrected chi connectivity index (χ2v) is 8.70. The molecule has 3 heterocycles. The molecule has 3 amide bonds. The van der Waals surface area contributed by atoms with Crippen LogP contribution in [0.2, 0.25) is 0 Å². The van der Waals surface area contributed by atoms with Crippen LogP contribution in [0.5, 0.6) is 0 Å². The molecule has 0 radical (unpaired) electrons. The fourth-order valence-corrected chi connectivity index (χ4v) is 5.27. The van der Waals surface area contributed by atoms with Crippen LogP contribution >= 0.6 is 0 Å². The zero-order valence-corrected chi connectivity index (χ0v) is 18.6. The highest BCUT2D eigenvalue weighted by Crippen LogP contribution is 2.48. The lowest BCUT2D eigenvalue weighted by Gasteiger charge is -2.40. The minimum atomic E-state index is -1.70. The van der Waals surface area contributed by atoms with Crippen molar-refractivity contribution >= 4 is 23.4 Å².